The van der Waals surface area contributed by atoms with E-state index in [1.54, 1.807) is 7.05 Å². The zero-order chi connectivity index (χ0) is 10.9. The molecule has 2 rings (SSSR count). The van der Waals surface area contributed by atoms with Crippen LogP contribution in [0.15, 0.2) is 6.20 Å². The van der Waals surface area contributed by atoms with Crippen molar-refractivity contribution in [1.82, 2.24) is 15.0 Å². The van der Waals surface area contributed by atoms with Crippen molar-refractivity contribution in [3.8, 4) is 0 Å². The summed E-state index contributed by atoms with van der Waals surface area (Å²) in [5, 5.41) is 7.51. The topological polar surface area (TPSA) is 73.8 Å². The molecule has 1 heterocycles. The number of hydrogen-bond acceptors (Lipinski definition) is 4. The van der Waals surface area contributed by atoms with E-state index < -0.39 is 0 Å². The van der Waals surface area contributed by atoms with Crippen LogP contribution in [0.2, 0.25) is 0 Å². The van der Waals surface area contributed by atoms with Crippen molar-refractivity contribution >= 4 is 5.78 Å². The summed E-state index contributed by atoms with van der Waals surface area (Å²) in [7, 11) is 1.74. The summed E-state index contributed by atoms with van der Waals surface area (Å²) in [5.74, 6) is 0.106. The lowest BCUT2D eigenvalue weighted by Crippen LogP contribution is -2.37. The third-order valence-corrected chi connectivity index (χ3v) is 3.38. The first-order valence-electron chi connectivity index (χ1n) is 5.29. The highest BCUT2D eigenvalue weighted by Gasteiger charge is 2.41. The molecule has 1 fully saturated rings. The van der Waals surface area contributed by atoms with Crippen LogP contribution in [0.25, 0.3) is 0 Å². The summed E-state index contributed by atoms with van der Waals surface area (Å²) in [4.78, 5) is 12.3. The molecule has 1 aliphatic rings. The number of rotatable bonds is 3. The predicted molar refractivity (Wildman–Crippen MR) is 55.3 cm³/mol. The minimum atomic E-state index is -0.352. The van der Waals surface area contributed by atoms with Crippen molar-refractivity contribution in [1.29, 1.82) is 0 Å². The van der Waals surface area contributed by atoms with E-state index in [1.807, 2.05) is 0 Å². The van der Waals surface area contributed by atoms with E-state index >= 15 is 0 Å². The molecule has 0 saturated heterocycles. The zero-order valence-electron chi connectivity index (χ0n) is 8.94. The van der Waals surface area contributed by atoms with Gasteiger partial charge in [-0.1, -0.05) is 18.1 Å². The van der Waals surface area contributed by atoms with Gasteiger partial charge in [0.2, 0.25) is 0 Å². The Bertz CT molecular complexity index is 365. The Labute approximate surface area is 88.6 Å². The third kappa shape index (κ3) is 1.56. The van der Waals surface area contributed by atoms with Crippen LogP contribution in [-0.2, 0) is 7.05 Å². The molecule has 1 saturated carbocycles. The first kappa shape index (κ1) is 10.3. The first-order valence-corrected chi connectivity index (χ1v) is 5.29. The van der Waals surface area contributed by atoms with Crippen LogP contribution in [0.4, 0.5) is 0 Å². The number of aromatic nitrogens is 3. The number of Topliss-reactive ketones (excluding diaryl/α,β-unsaturated/α-hetero) is 1. The molecule has 0 amide bonds. The van der Waals surface area contributed by atoms with Gasteiger partial charge in [-0.15, -0.1) is 5.10 Å². The molecule has 0 aromatic carbocycles. The lowest BCUT2D eigenvalue weighted by atomic mass is 9.80. The van der Waals surface area contributed by atoms with E-state index in [9.17, 15) is 4.79 Å². The van der Waals surface area contributed by atoms with Gasteiger partial charge in [-0.25, -0.2) is 4.68 Å². The highest BCUT2D eigenvalue weighted by Crippen LogP contribution is 2.39. The average Bonchev–Trinajstić information content (AvgIpc) is 2.86. The Balaban J connectivity index is 2.30. The Morgan fingerprint density at radius 3 is 2.73 bits per heavy atom. The maximum absolute atomic E-state index is 12.3. The second kappa shape index (κ2) is 3.73. The summed E-state index contributed by atoms with van der Waals surface area (Å²) in [5.41, 5.74) is 5.97. The molecule has 0 radical (unpaired) electrons. The van der Waals surface area contributed by atoms with Crippen LogP contribution in [0.5, 0.6) is 0 Å². The minimum Gasteiger partial charge on any atom is -0.329 e. The van der Waals surface area contributed by atoms with E-state index in [0.717, 1.165) is 25.7 Å². The summed E-state index contributed by atoms with van der Waals surface area (Å²) in [6.07, 6.45) is 5.50. The molecule has 5 nitrogen and oxygen atoms in total. The quantitative estimate of drug-likeness (QED) is 0.735. The van der Waals surface area contributed by atoms with Crippen LogP contribution in [0.1, 0.15) is 36.2 Å². The molecule has 0 spiro atoms. The van der Waals surface area contributed by atoms with Gasteiger partial charge in [-0.2, -0.15) is 0 Å². The number of nitrogens with zero attached hydrogens (tertiary/aromatic N) is 3. The van der Waals surface area contributed by atoms with Crippen LogP contribution in [0.3, 0.4) is 0 Å². The number of carbonyl (C=O) groups is 1. The zero-order valence-corrected chi connectivity index (χ0v) is 8.94. The van der Waals surface area contributed by atoms with Crippen molar-refractivity contribution in [3.63, 3.8) is 0 Å². The molecule has 5 heteroatoms. The van der Waals surface area contributed by atoms with Crippen molar-refractivity contribution in [3.05, 3.63) is 11.9 Å². The van der Waals surface area contributed by atoms with Crippen LogP contribution in [-0.4, -0.2) is 27.3 Å². The van der Waals surface area contributed by atoms with Crippen molar-refractivity contribution in [2.45, 2.75) is 25.7 Å². The van der Waals surface area contributed by atoms with E-state index in [4.69, 9.17) is 5.73 Å². The van der Waals surface area contributed by atoms with Crippen molar-refractivity contribution < 1.29 is 4.79 Å². The van der Waals surface area contributed by atoms with Gasteiger partial charge in [-0.3, -0.25) is 4.79 Å². The van der Waals surface area contributed by atoms with Gasteiger partial charge in [0.05, 0.1) is 6.20 Å². The maximum Gasteiger partial charge on any atom is 0.189 e. The molecule has 1 aliphatic carbocycles. The first-order chi connectivity index (χ1) is 7.19. The number of carbonyl (C=O) groups excluding carboxylic acids is 1. The smallest absolute Gasteiger partial charge is 0.189 e. The number of ketones is 1. The number of nitrogens with two attached hydrogens (primary N) is 1. The number of aryl methyl sites for hydroxylation is 1. The Morgan fingerprint density at radius 1 is 1.60 bits per heavy atom. The fourth-order valence-corrected chi connectivity index (χ4v) is 2.34. The van der Waals surface area contributed by atoms with Gasteiger partial charge >= 0.3 is 0 Å². The average molecular weight is 208 g/mol. The maximum atomic E-state index is 12.3. The molecule has 0 bridgehead atoms. The third-order valence-electron chi connectivity index (χ3n) is 3.38. The summed E-state index contributed by atoms with van der Waals surface area (Å²) in [6.45, 7) is 0.428. The minimum absolute atomic E-state index is 0.106. The molecule has 15 heavy (non-hydrogen) atoms. The predicted octanol–water partition coefficient (Wildman–Crippen LogP) is 0.517. The molecule has 82 valence electrons. The normalized spacial score (nSPS) is 19.3. The molecular weight excluding hydrogens is 192 g/mol. The van der Waals surface area contributed by atoms with Gasteiger partial charge in [0.25, 0.3) is 0 Å². The van der Waals surface area contributed by atoms with Crippen molar-refractivity contribution in [2.75, 3.05) is 6.54 Å². The SMILES string of the molecule is Cn1nncc1C(=O)C1(CN)CCCC1. The van der Waals surface area contributed by atoms with Crippen LogP contribution in [0, 0.1) is 5.41 Å². The van der Waals surface area contributed by atoms with Gasteiger partial charge in [0.15, 0.2) is 5.78 Å². The summed E-state index contributed by atoms with van der Waals surface area (Å²) in [6, 6.07) is 0. The van der Waals surface area contributed by atoms with Crippen molar-refractivity contribution in [2.24, 2.45) is 18.2 Å². The Morgan fingerprint density at radius 2 is 2.27 bits per heavy atom. The van der Waals surface area contributed by atoms with Gasteiger partial charge in [-0.05, 0) is 12.8 Å². The van der Waals surface area contributed by atoms with Crippen LogP contribution < -0.4 is 5.73 Å². The van der Waals surface area contributed by atoms with Gasteiger partial charge < -0.3 is 5.73 Å². The van der Waals surface area contributed by atoms with E-state index in [0.29, 0.717) is 12.2 Å². The molecule has 0 atom stereocenters. The lowest BCUT2D eigenvalue weighted by Gasteiger charge is -2.24. The highest BCUT2D eigenvalue weighted by atomic mass is 16.1. The molecule has 0 aliphatic heterocycles. The number of hydrogen-bond donors (Lipinski definition) is 1. The monoisotopic (exact) mass is 208 g/mol. The highest BCUT2D eigenvalue weighted by molar-refractivity contribution is 5.99. The fourth-order valence-electron chi connectivity index (χ4n) is 2.34. The van der Waals surface area contributed by atoms with E-state index in [2.05, 4.69) is 10.3 Å². The Kier molecular flexibility index (Phi) is 2.56. The molecule has 0 unspecified atom stereocenters. The summed E-state index contributed by atoms with van der Waals surface area (Å²) < 4.78 is 1.53. The van der Waals surface area contributed by atoms with E-state index in [-0.39, 0.29) is 11.2 Å². The summed E-state index contributed by atoms with van der Waals surface area (Å²) >= 11 is 0. The molecule has 1 aromatic heterocycles. The second-order valence-electron chi connectivity index (χ2n) is 4.26. The lowest BCUT2D eigenvalue weighted by molar-refractivity contribution is 0.0799. The van der Waals surface area contributed by atoms with Crippen LogP contribution >= 0.6 is 0 Å². The molecular formula is C10H16N4O. The largest absolute Gasteiger partial charge is 0.329 e. The molecule has 2 N–H and O–H groups in total. The van der Waals surface area contributed by atoms with E-state index in [1.165, 1.54) is 10.9 Å². The fraction of sp³-hybridized carbons (Fsp3) is 0.700. The standard InChI is InChI=1S/C10H16N4O/c1-14-8(6-12-13-14)9(15)10(7-11)4-2-3-5-10/h6H,2-5,7,11H2,1H3. The molecule has 1 aromatic rings. The Hall–Kier alpha value is -1.23. The van der Waals surface area contributed by atoms with Gasteiger partial charge in [0.1, 0.15) is 5.69 Å². The second-order valence-corrected chi connectivity index (χ2v) is 4.26. The van der Waals surface area contributed by atoms with Gasteiger partial charge in [0, 0.05) is 19.0 Å².